The Labute approximate surface area is 159 Å². The summed E-state index contributed by atoms with van der Waals surface area (Å²) in [5.41, 5.74) is 1.90. The molecule has 3 rings (SSSR count). The molecule has 1 aromatic carbocycles. The molecule has 0 saturated carbocycles. The van der Waals surface area contributed by atoms with Crippen LogP contribution in [0.15, 0.2) is 49.2 Å². The number of amides is 1. The molecule has 27 heavy (non-hydrogen) atoms. The number of rotatable bonds is 6. The minimum atomic E-state index is -3.37. The van der Waals surface area contributed by atoms with E-state index in [0.29, 0.717) is 23.7 Å². The van der Waals surface area contributed by atoms with Gasteiger partial charge >= 0.3 is 12.3 Å². The van der Waals surface area contributed by atoms with Gasteiger partial charge in [-0.05, 0) is 36.8 Å². The molecule has 8 heteroatoms. The predicted octanol–water partition coefficient (Wildman–Crippen LogP) is 4.95. The van der Waals surface area contributed by atoms with E-state index in [1.54, 1.807) is 23.1 Å². The zero-order chi connectivity index (χ0) is 19.8. The van der Waals surface area contributed by atoms with E-state index in [-0.39, 0.29) is 22.9 Å². The quantitative estimate of drug-likeness (QED) is 0.512. The Morgan fingerprint density at radius 1 is 1.33 bits per heavy atom. The molecule has 0 spiro atoms. The summed E-state index contributed by atoms with van der Waals surface area (Å²) in [6, 6.07) is 7.21. The highest BCUT2D eigenvalue weighted by Crippen LogP contribution is 2.34. The van der Waals surface area contributed by atoms with Gasteiger partial charge in [-0.2, -0.15) is 4.39 Å². The first-order chi connectivity index (χ1) is 12.8. The van der Waals surface area contributed by atoms with Crippen LogP contribution in [0.5, 0.6) is 5.75 Å². The summed E-state index contributed by atoms with van der Waals surface area (Å²) in [6.07, 6.45) is -1.47. The lowest BCUT2D eigenvalue weighted by molar-refractivity contribution is -0.130. The Hall–Kier alpha value is -2.54. The third-order valence-corrected chi connectivity index (χ3v) is 4.83. The van der Waals surface area contributed by atoms with E-state index in [1.807, 2.05) is 6.92 Å². The standard InChI is InChI=1S/C19H16ClF3N2O2/c1-3-19(23,18(21)22)27-13-6-4-12(5-7-13)11(2)25-10-15-14(17(25)26)8-9-24-16(15)20/h3-9,11,18H,1,10H2,2H3. The largest absolute Gasteiger partial charge is 0.449 e. The maximum absolute atomic E-state index is 13.9. The lowest BCUT2D eigenvalue weighted by Gasteiger charge is -2.25. The average molecular weight is 397 g/mol. The number of aromatic nitrogens is 1. The van der Waals surface area contributed by atoms with Gasteiger partial charge in [0.25, 0.3) is 5.91 Å². The summed E-state index contributed by atoms with van der Waals surface area (Å²) < 4.78 is 44.1. The molecule has 0 bridgehead atoms. The fraction of sp³-hybridized carbons (Fsp3) is 0.263. The van der Waals surface area contributed by atoms with Crippen molar-refractivity contribution in [2.75, 3.05) is 0 Å². The number of ether oxygens (including phenoxy) is 1. The van der Waals surface area contributed by atoms with Crippen LogP contribution in [0.1, 0.15) is 34.5 Å². The fourth-order valence-corrected chi connectivity index (χ4v) is 3.10. The van der Waals surface area contributed by atoms with E-state index in [0.717, 1.165) is 5.56 Å². The minimum absolute atomic E-state index is 0.0723. The maximum Gasteiger partial charge on any atom is 0.327 e. The fourth-order valence-electron chi connectivity index (χ4n) is 2.88. The molecule has 0 N–H and O–H groups in total. The Balaban J connectivity index is 1.77. The van der Waals surface area contributed by atoms with Gasteiger partial charge in [0.05, 0.1) is 12.6 Å². The third-order valence-electron chi connectivity index (χ3n) is 4.50. The van der Waals surface area contributed by atoms with Crippen molar-refractivity contribution in [2.45, 2.75) is 31.8 Å². The van der Waals surface area contributed by atoms with Gasteiger partial charge in [-0.3, -0.25) is 4.79 Å². The summed E-state index contributed by atoms with van der Waals surface area (Å²) in [6.45, 7) is 5.18. The van der Waals surface area contributed by atoms with E-state index in [4.69, 9.17) is 16.3 Å². The molecule has 1 aliphatic rings. The van der Waals surface area contributed by atoms with Crippen LogP contribution in [0.2, 0.25) is 5.15 Å². The average Bonchev–Trinajstić information content (AvgIpc) is 3.00. The van der Waals surface area contributed by atoms with E-state index in [2.05, 4.69) is 11.6 Å². The Kier molecular flexibility index (Phi) is 5.15. The molecular weight excluding hydrogens is 381 g/mol. The number of carbonyl (C=O) groups excluding carboxylic acids is 1. The molecule has 0 radical (unpaired) electrons. The van der Waals surface area contributed by atoms with Gasteiger partial charge in [0.1, 0.15) is 10.9 Å². The second kappa shape index (κ2) is 7.23. The summed E-state index contributed by atoms with van der Waals surface area (Å²) in [4.78, 5) is 18.2. The Morgan fingerprint density at radius 2 is 2.00 bits per heavy atom. The summed E-state index contributed by atoms with van der Waals surface area (Å²) in [5.74, 6) is -3.50. The van der Waals surface area contributed by atoms with Crippen molar-refractivity contribution in [3.63, 3.8) is 0 Å². The van der Waals surface area contributed by atoms with Crippen LogP contribution >= 0.6 is 11.6 Å². The number of alkyl halides is 3. The van der Waals surface area contributed by atoms with Crippen LogP contribution in [0.3, 0.4) is 0 Å². The van der Waals surface area contributed by atoms with Gasteiger partial charge in [0.2, 0.25) is 0 Å². The highest BCUT2D eigenvalue weighted by Gasteiger charge is 2.40. The number of halogens is 4. The first-order valence-corrected chi connectivity index (χ1v) is 8.48. The first kappa shape index (κ1) is 19.2. The molecule has 2 aromatic rings. The molecule has 4 nitrogen and oxygen atoms in total. The lowest BCUT2D eigenvalue weighted by atomic mass is 10.1. The minimum Gasteiger partial charge on any atom is -0.449 e. The number of fused-ring (bicyclic) bond motifs is 1. The Bertz CT molecular complexity index is 876. The number of pyridine rings is 1. The van der Waals surface area contributed by atoms with Gasteiger partial charge < -0.3 is 9.64 Å². The number of carbonyl (C=O) groups is 1. The van der Waals surface area contributed by atoms with Crippen molar-refractivity contribution >= 4 is 17.5 Å². The molecule has 2 heterocycles. The number of benzene rings is 1. The number of hydrogen-bond acceptors (Lipinski definition) is 3. The van der Waals surface area contributed by atoms with Crippen LogP contribution in [0.25, 0.3) is 0 Å². The second-order valence-corrected chi connectivity index (χ2v) is 6.47. The van der Waals surface area contributed by atoms with E-state index < -0.39 is 12.3 Å². The maximum atomic E-state index is 13.9. The van der Waals surface area contributed by atoms with Crippen molar-refractivity contribution in [2.24, 2.45) is 0 Å². The lowest BCUT2D eigenvalue weighted by Crippen LogP contribution is -2.36. The normalized spacial score (nSPS) is 16.8. The second-order valence-electron chi connectivity index (χ2n) is 6.11. The van der Waals surface area contributed by atoms with Crippen molar-refractivity contribution in [1.29, 1.82) is 0 Å². The number of hydrogen-bond donors (Lipinski definition) is 0. The molecule has 0 fully saturated rings. The van der Waals surface area contributed by atoms with Crippen molar-refractivity contribution < 1.29 is 22.7 Å². The van der Waals surface area contributed by atoms with E-state index >= 15 is 0 Å². The van der Waals surface area contributed by atoms with Gasteiger partial charge in [-0.15, -0.1) is 0 Å². The van der Waals surface area contributed by atoms with E-state index in [9.17, 15) is 18.0 Å². The molecule has 0 aliphatic carbocycles. The van der Waals surface area contributed by atoms with Crippen molar-refractivity contribution in [1.82, 2.24) is 9.88 Å². The highest BCUT2D eigenvalue weighted by atomic mass is 35.5. The number of nitrogens with zero attached hydrogens (tertiary/aromatic N) is 2. The molecule has 142 valence electrons. The summed E-state index contributed by atoms with van der Waals surface area (Å²) in [5, 5.41) is 0.287. The molecular formula is C19H16ClF3N2O2. The molecule has 1 amide bonds. The van der Waals surface area contributed by atoms with Gasteiger partial charge in [0, 0.05) is 17.3 Å². The van der Waals surface area contributed by atoms with Crippen LogP contribution < -0.4 is 4.74 Å². The molecule has 1 aromatic heterocycles. The molecule has 0 saturated heterocycles. The Morgan fingerprint density at radius 3 is 2.56 bits per heavy atom. The monoisotopic (exact) mass is 396 g/mol. The zero-order valence-corrected chi connectivity index (χ0v) is 15.1. The van der Waals surface area contributed by atoms with Crippen LogP contribution in [-0.2, 0) is 6.54 Å². The zero-order valence-electron chi connectivity index (χ0n) is 14.3. The van der Waals surface area contributed by atoms with E-state index in [1.165, 1.54) is 18.3 Å². The molecule has 2 unspecified atom stereocenters. The molecule has 2 atom stereocenters. The van der Waals surface area contributed by atoms with Crippen LogP contribution in [-0.4, -0.2) is 28.1 Å². The molecule has 1 aliphatic heterocycles. The van der Waals surface area contributed by atoms with Gasteiger partial charge in [0.15, 0.2) is 0 Å². The van der Waals surface area contributed by atoms with Crippen LogP contribution in [0.4, 0.5) is 13.2 Å². The summed E-state index contributed by atoms with van der Waals surface area (Å²) >= 11 is 6.06. The smallest absolute Gasteiger partial charge is 0.327 e. The van der Waals surface area contributed by atoms with Crippen molar-refractivity contribution in [3.05, 3.63) is 71.0 Å². The van der Waals surface area contributed by atoms with Crippen molar-refractivity contribution in [3.8, 4) is 5.75 Å². The summed E-state index contributed by atoms with van der Waals surface area (Å²) in [7, 11) is 0. The van der Waals surface area contributed by atoms with Gasteiger partial charge in [-0.1, -0.05) is 30.3 Å². The SMILES string of the molecule is C=CC(F)(Oc1ccc(C(C)N2Cc3c(ccnc3Cl)C2=O)cc1)C(F)F. The topological polar surface area (TPSA) is 42.4 Å². The highest BCUT2D eigenvalue weighted by molar-refractivity contribution is 6.30. The van der Waals surface area contributed by atoms with Crippen LogP contribution in [0, 0.1) is 0 Å². The van der Waals surface area contributed by atoms with Gasteiger partial charge in [-0.25, -0.2) is 13.8 Å². The third kappa shape index (κ3) is 3.51. The predicted molar refractivity (Wildman–Crippen MR) is 94.6 cm³/mol. The first-order valence-electron chi connectivity index (χ1n) is 8.11.